The maximum absolute atomic E-state index is 13.2. The number of hydrogen-bond donors (Lipinski definition) is 1. The molecular formula is C24H24Cl2FN5O2S. The summed E-state index contributed by atoms with van der Waals surface area (Å²) >= 11 is 7.66. The van der Waals surface area contributed by atoms with E-state index in [1.54, 1.807) is 29.6 Å². The van der Waals surface area contributed by atoms with E-state index in [-0.39, 0.29) is 24.8 Å². The molecule has 0 amide bonds. The molecule has 0 saturated carbocycles. The average Bonchev–Trinajstić information content (AvgIpc) is 3.33. The topological polar surface area (TPSA) is 74.1 Å². The lowest BCUT2D eigenvalue weighted by Gasteiger charge is -2.13. The summed E-state index contributed by atoms with van der Waals surface area (Å²) in [6.45, 7) is 1.66. The van der Waals surface area contributed by atoms with Gasteiger partial charge in [0.15, 0.2) is 11.5 Å². The Labute approximate surface area is 218 Å². The SMILES string of the molecule is COc1cc(CNCCSc2nnnn2-c2ccccc2)ccc1OCc1ccc(F)cc1Cl.Cl. The number of thioether (sulfide) groups is 1. The van der Waals surface area contributed by atoms with Crippen molar-refractivity contribution in [3.8, 4) is 17.2 Å². The van der Waals surface area contributed by atoms with E-state index in [9.17, 15) is 4.39 Å². The normalized spacial score (nSPS) is 10.6. The number of tetrazole rings is 1. The van der Waals surface area contributed by atoms with E-state index in [0.717, 1.165) is 28.7 Å². The van der Waals surface area contributed by atoms with E-state index in [4.69, 9.17) is 21.1 Å². The molecule has 0 aliphatic carbocycles. The predicted octanol–water partition coefficient (Wildman–Crippen LogP) is 5.35. The molecule has 3 aromatic carbocycles. The molecule has 0 aliphatic rings. The summed E-state index contributed by atoms with van der Waals surface area (Å²) in [5, 5.41) is 16.5. The quantitative estimate of drug-likeness (QED) is 0.205. The van der Waals surface area contributed by atoms with Crippen LogP contribution >= 0.6 is 35.8 Å². The van der Waals surface area contributed by atoms with E-state index in [2.05, 4.69) is 20.8 Å². The number of rotatable bonds is 11. The molecule has 0 atom stereocenters. The number of benzene rings is 3. The number of nitrogens with zero attached hydrogens (tertiary/aromatic N) is 4. The molecule has 184 valence electrons. The van der Waals surface area contributed by atoms with Crippen LogP contribution in [0.2, 0.25) is 5.02 Å². The Hall–Kier alpha value is -2.85. The van der Waals surface area contributed by atoms with E-state index < -0.39 is 0 Å². The Morgan fingerprint density at radius 2 is 1.89 bits per heavy atom. The van der Waals surface area contributed by atoms with Crippen LogP contribution in [0.5, 0.6) is 11.5 Å². The second-order valence-electron chi connectivity index (χ2n) is 7.24. The van der Waals surface area contributed by atoms with Crippen molar-refractivity contribution in [2.45, 2.75) is 18.3 Å². The third-order valence-corrected chi connectivity index (χ3v) is 6.18. The molecule has 11 heteroatoms. The molecule has 4 aromatic rings. The van der Waals surface area contributed by atoms with Crippen molar-refractivity contribution in [3.05, 3.63) is 88.7 Å². The van der Waals surface area contributed by atoms with Crippen LogP contribution in [0.25, 0.3) is 5.69 Å². The standard InChI is InChI=1S/C24H23ClFN5O2S.ClH/c1-32-23-13-17(7-10-22(23)33-16-18-8-9-19(26)14-21(18)25)15-27-11-12-34-24-28-29-30-31(24)20-5-3-2-4-6-20;/h2-10,13-14,27H,11-12,15-16H2,1H3;1H. The van der Waals surface area contributed by atoms with Gasteiger partial charge in [0.1, 0.15) is 12.4 Å². The first-order valence-corrected chi connectivity index (χ1v) is 11.9. The minimum Gasteiger partial charge on any atom is -0.493 e. The molecule has 1 aromatic heterocycles. The fourth-order valence-corrected chi connectivity index (χ4v) is 4.19. The van der Waals surface area contributed by atoms with Crippen molar-refractivity contribution in [1.29, 1.82) is 0 Å². The minimum absolute atomic E-state index is 0. The zero-order chi connectivity index (χ0) is 23.8. The van der Waals surface area contributed by atoms with E-state index >= 15 is 0 Å². The second kappa shape index (κ2) is 13.3. The number of para-hydroxylation sites is 1. The first-order valence-electron chi connectivity index (χ1n) is 10.5. The lowest BCUT2D eigenvalue weighted by atomic mass is 10.2. The summed E-state index contributed by atoms with van der Waals surface area (Å²) in [5.41, 5.74) is 2.69. The number of nitrogens with one attached hydrogen (secondary N) is 1. The van der Waals surface area contributed by atoms with Crippen molar-refractivity contribution in [3.63, 3.8) is 0 Å². The highest BCUT2D eigenvalue weighted by molar-refractivity contribution is 7.99. The van der Waals surface area contributed by atoms with Gasteiger partial charge in [-0.15, -0.1) is 17.5 Å². The van der Waals surface area contributed by atoms with Crippen LogP contribution in [0.4, 0.5) is 4.39 Å². The summed E-state index contributed by atoms with van der Waals surface area (Å²) in [5.74, 6) is 1.64. The van der Waals surface area contributed by atoms with Crippen LogP contribution < -0.4 is 14.8 Å². The zero-order valence-electron chi connectivity index (χ0n) is 18.9. The number of hydrogen-bond acceptors (Lipinski definition) is 7. The highest BCUT2D eigenvalue weighted by Crippen LogP contribution is 2.30. The molecule has 1 heterocycles. The molecule has 0 radical (unpaired) electrons. The molecular weight excluding hydrogens is 512 g/mol. The zero-order valence-corrected chi connectivity index (χ0v) is 21.2. The van der Waals surface area contributed by atoms with Gasteiger partial charge in [0, 0.05) is 24.4 Å². The molecule has 4 rings (SSSR count). The molecule has 7 nitrogen and oxygen atoms in total. The summed E-state index contributed by atoms with van der Waals surface area (Å²) in [6, 6.07) is 19.8. The molecule has 0 saturated heterocycles. The van der Waals surface area contributed by atoms with Crippen molar-refractivity contribution in [1.82, 2.24) is 25.5 Å². The Balaban J connectivity index is 0.00000342. The van der Waals surface area contributed by atoms with Gasteiger partial charge in [-0.1, -0.05) is 53.7 Å². The molecule has 0 aliphatic heterocycles. The van der Waals surface area contributed by atoms with Gasteiger partial charge >= 0.3 is 0 Å². The number of halogens is 3. The Morgan fingerprint density at radius 3 is 2.66 bits per heavy atom. The molecule has 0 bridgehead atoms. The van der Waals surface area contributed by atoms with Crippen LogP contribution in [0, 0.1) is 5.82 Å². The van der Waals surface area contributed by atoms with Gasteiger partial charge in [0.05, 0.1) is 17.8 Å². The van der Waals surface area contributed by atoms with E-state index in [1.807, 2.05) is 48.5 Å². The van der Waals surface area contributed by atoms with Crippen molar-refractivity contribution < 1.29 is 13.9 Å². The van der Waals surface area contributed by atoms with Gasteiger partial charge in [-0.25, -0.2) is 4.39 Å². The van der Waals surface area contributed by atoms with Crippen LogP contribution in [-0.2, 0) is 13.2 Å². The highest BCUT2D eigenvalue weighted by Gasteiger charge is 2.10. The second-order valence-corrected chi connectivity index (χ2v) is 8.71. The first-order chi connectivity index (χ1) is 16.6. The Morgan fingerprint density at radius 1 is 1.06 bits per heavy atom. The van der Waals surface area contributed by atoms with Crippen molar-refractivity contribution >= 4 is 35.8 Å². The molecule has 1 N–H and O–H groups in total. The van der Waals surface area contributed by atoms with Gasteiger partial charge in [-0.05, 0) is 52.4 Å². The monoisotopic (exact) mass is 535 g/mol. The predicted molar refractivity (Wildman–Crippen MR) is 138 cm³/mol. The van der Waals surface area contributed by atoms with Crippen LogP contribution in [0.15, 0.2) is 71.9 Å². The maximum atomic E-state index is 13.2. The van der Waals surface area contributed by atoms with Gasteiger partial charge in [-0.3, -0.25) is 0 Å². The highest BCUT2D eigenvalue weighted by atomic mass is 35.5. The molecule has 35 heavy (non-hydrogen) atoms. The Bertz CT molecular complexity index is 1230. The molecule has 0 spiro atoms. The fourth-order valence-electron chi connectivity index (χ4n) is 3.18. The number of methoxy groups -OCH3 is 1. The van der Waals surface area contributed by atoms with E-state index in [0.29, 0.717) is 28.6 Å². The average molecular weight is 536 g/mol. The minimum atomic E-state index is -0.378. The van der Waals surface area contributed by atoms with E-state index in [1.165, 1.54) is 12.1 Å². The van der Waals surface area contributed by atoms with Crippen molar-refractivity contribution in [2.75, 3.05) is 19.4 Å². The van der Waals surface area contributed by atoms with Crippen LogP contribution in [0.1, 0.15) is 11.1 Å². The Kier molecular flexibility index (Phi) is 10.2. The molecule has 0 unspecified atom stereocenters. The van der Waals surface area contributed by atoms with Gasteiger partial charge in [-0.2, -0.15) is 4.68 Å². The van der Waals surface area contributed by atoms with Crippen LogP contribution in [0.3, 0.4) is 0 Å². The lowest BCUT2D eigenvalue weighted by molar-refractivity contribution is 0.284. The van der Waals surface area contributed by atoms with Gasteiger partial charge in [0.2, 0.25) is 5.16 Å². The van der Waals surface area contributed by atoms with Gasteiger partial charge in [0.25, 0.3) is 0 Å². The molecule has 0 fully saturated rings. The van der Waals surface area contributed by atoms with Crippen molar-refractivity contribution in [2.24, 2.45) is 0 Å². The summed E-state index contributed by atoms with van der Waals surface area (Å²) in [4.78, 5) is 0. The third kappa shape index (κ3) is 7.32. The number of ether oxygens (including phenoxy) is 2. The fraction of sp³-hybridized carbons (Fsp3) is 0.208. The number of aromatic nitrogens is 4. The van der Waals surface area contributed by atoms with Gasteiger partial charge < -0.3 is 14.8 Å². The largest absolute Gasteiger partial charge is 0.493 e. The maximum Gasteiger partial charge on any atom is 0.214 e. The van der Waals surface area contributed by atoms with Crippen LogP contribution in [-0.4, -0.2) is 39.6 Å². The lowest BCUT2D eigenvalue weighted by Crippen LogP contribution is -2.17. The first kappa shape index (κ1) is 26.7. The smallest absolute Gasteiger partial charge is 0.214 e. The summed E-state index contributed by atoms with van der Waals surface area (Å²) < 4.78 is 26.3. The summed E-state index contributed by atoms with van der Waals surface area (Å²) in [6.07, 6.45) is 0. The summed E-state index contributed by atoms with van der Waals surface area (Å²) in [7, 11) is 1.60. The third-order valence-electron chi connectivity index (χ3n) is 4.91.